The van der Waals surface area contributed by atoms with Crippen molar-refractivity contribution in [3.8, 4) is 5.75 Å². The molecule has 0 saturated heterocycles. The molecule has 2 aromatic rings. The summed E-state index contributed by atoms with van der Waals surface area (Å²) in [5.41, 5.74) is 0.748. The number of hydrogen-bond acceptors (Lipinski definition) is 4. The molecule has 3 rings (SSSR count). The van der Waals surface area contributed by atoms with E-state index in [0.717, 1.165) is 12.0 Å². The van der Waals surface area contributed by atoms with Gasteiger partial charge >= 0.3 is 6.03 Å². The highest BCUT2D eigenvalue weighted by molar-refractivity contribution is 7.10. The van der Waals surface area contributed by atoms with E-state index in [1.165, 1.54) is 4.88 Å². The lowest BCUT2D eigenvalue weighted by Crippen LogP contribution is -2.54. The SMILES string of the molecule is CC(C)N(CC(=O)N1CCc2sccc2[C@H]1COc1ccc(Cl)cc1)C(=O)NC(C)(C)C. The number of amides is 3. The van der Waals surface area contributed by atoms with E-state index in [1.807, 2.05) is 51.7 Å². The maximum Gasteiger partial charge on any atom is 0.318 e. The fourth-order valence-corrected chi connectivity index (χ4v) is 4.75. The molecule has 0 aliphatic carbocycles. The Kier molecular flexibility index (Phi) is 7.72. The van der Waals surface area contributed by atoms with Gasteiger partial charge in [-0.15, -0.1) is 11.3 Å². The van der Waals surface area contributed by atoms with Gasteiger partial charge in [0.1, 0.15) is 18.9 Å². The zero-order chi connectivity index (χ0) is 23.5. The summed E-state index contributed by atoms with van der Waals surface area (Å²) in [4.78, 5) is 30.9. The van der Waals surface area contributed by atoms with Crippen molar-refractivity contribution in [3.05, 3.63) is 51.2 Å². The highest BCUT2D eigenvalue weighted by Crippen LogP contribution is 2.34. The van der Waals surface area contributed by atoms with Crippen LogP contribution in [0.15, 0.2) is 35.7 Å². The summed E-state index contributed by atoms with van der Waals surface area (Å²) in [7, 11) is 0. The van der Waals surface area contributed by atoms with Crippen molar-refractivity contribution >= 4 is 34.9 Å². The molecule has 0 bridgehead atoms. The lowest BCUT2D eigenvalue weighted by atomic mass is 10.0. The molecule has 3 amide bonds. The van der Waals surface area contributed by atoms with Gasteiger partial charge < -0.3 is 19.9 Å². The van der Waals surface area contributed by atoms with Crippen molar-refractivity contribution < 1.29 is 14.3 Å². The van der Waals surface area contributed by atoms with E-state index in [2.05, 4.69) is 16.8 Å². The van der Waals surface area contributed by atoms with Gasteiger partial charge in [0, 0.05) is 28.0 Å². The van der Waals surface area contributed by atoms with Gasteiger partial charge in [-0.3, -0.25) is 4.79 Å². The number of urea groups is 1. The van der Waals surface area contributed by atoms with Gasteiger partial charge in [0.05, 0.1) is 6.04 Å². The standard InChI is InChI=1S/C24H32ClN3O3S/c1-16(2)28(23(30)26-24(3,4)5)14-22(29)27-12-10-21-19(11-13-32-21)20(27)15-31-18-8-6-17(25)7-9-18/h6-9,11,13,16,20H,10,12,14-15H2,1-5H3,(H,26,30)/t20-/m1/s1. The molecule has 174 valence electrons. The largest absolute Gasteiger partial charge is 0.491 e. The fourth-order valence-electron chi connectivity index (χ4n) is 3.70. The minimum absolute atomic E-state index is 0.0243. The summed E-state index contributed by atoms with van der Waals surface area (Å²) >= 11 is 7.68. The highest BCUT2D eigenvalue weighted by Gasteiger charge is 2.34. The average Bonchev–Trinajstić information content (AvgIpc) is 3.18. The van der Waals surface area contributed by atoms with Crippen LogP contribution in [0, 0.1) is 0 Å². The molecule has 1 aromatic carbocycles. The topological polar surface area (TPSA) is 61.9 Å². The number of hydrogen-bond donors (Lipinski definition) is 1. The zero-order valence-corrected chi connectivity index (χ0v) is 20.9. The van der Waals surface area contributed by atoms with Gasteiger partial charge in [-0.25, -0.2) is 4.79 Å². The number of halogens is 1. The van der Waals surface area contributed by atoms with Crippen molar-refractivity contribution in [2.75, 3.05) is 19.7 Å². The smallest absolute Gasteiger partial charge is 0.318 e. The fraction of sp³-hybridized carbons (Fsp3) is 0.500. The summed E-state index contributed by atoms with van der Waals surface area (Å²) in [6, 6.07) is 8.74. The molecule has 0 unspecified atom stereocenters. The number of carbonyl (C=O) groups is 2. The first kappa shape index (κ1) is 24.4. The van der Waals surface area contributed by atoms with Crippen LogP contribution in [-0.4, -0.2) is 53.0 Å². The molecule has 1 atom stereocenters. The van der Waals surface area contributed by atoms with Crippen molar-refractivity contribution in [1.29, 1.82) is 0 Å². The van der Waals surface area contributed by atoms with Gasteiger partial charge in [-0.2, -0.15) is 0 Å². The number of ether oxygens (including phenoxy) is 1. The lowest BCUT2D eigenvalue weighted by Gasteiger charge is -2.38. The third kappa shape index (κ3) is 6.17. The molecular weight excluding hydrogens is 446 g/mol. The minimum Gasteiger partial charge on any atom is -0.491 e. The predicted octanol–water partition coefficient (Wildman–Crippen LogP) is 5.12. The number of rotatable bonds is 6. The Labute approximate surface area is 199 Å². The Balaban J connectivity index is 1.76. The van der Waals surface area contributed by atoms with Gasteiger partial charge in [0.2, 0.25) is 5.91 Å². The van der Waals surface area contributed by atoms with Crippen LogP contribution < -0.4 is 10.1 Å². The molecule has 1 N–H and O–H groups in total. The molecule has 32 heavy (non-hydrogen) atoms. The van der Waals surface area contributed by atoms with Gasteiger partial charge in [0.25, 0.3) is 0 Å². The Morgan fingerprint density at radius 3 is 2.56 bits per heavy atom. The Morgan fingerprint density at radius 1 is 1.25 bits per heavy atom. The Morgan fingerprint density at radius 2 is 1.94 bits per heavy atom. The van der Waals surface area contributed by atoms with Gasteiger partial charge in [-0.05, 0) is 82.3 Å². The van der Waals surface area contributed by atoms with Crippen LogP contribution in [0.25, 0.3) is 0 Å². The summed E-state index contributed by atoms with van der Waals surface area (Å²) in [5, 5.41) is 5.67. The van der Waals surface area contributed by atoms with Crippen LogP contribution in [0.5, 0.6) is 5.75 Å². The normalized spacial score (nSPS) is 16.0. The molecule has 0 saturated carbocycles. The number of nitrogens with zero attached hydrogens (tertiary/aromatic N) is 2. The zero-order valence-electron chi connectivity index (χ0n) is 19.4. The number of nitrogens with one attached hydrogen (secondary N) is 1. The van der Waals surface area contributed by atoms with Crippen molar-refractivity contribution in [3.63, 3.8) is 0 Å². The van der Waals surface area contributed by atoms with E-state index >= 15 is 0 Å². The molecule has 0 radical (unpaired) electrons. The molecule has 1 aliphatic rings. The summed E-state index contributed by atoms with van der Waals surface area (Å²) < 4.78 is 6.03. The lowest BCUT2D eigenvalue weighted by molar-refractivity contribution is -0.135. The number of fused-ring (bicyclic) bond motifs is 1. The third-order valence-corrected chi connectivity index (χ3v) is 6.56. The van der Waals surface area contributed by atoms with Crippen LogP contribution in [-0.2, 0) is 11.2 Å². The number of carbonyl (C=O) groups excluding carboxylic acids is 2. The summed E-state index contributed by atoms with van der Waals surface area (Å²) in [6.45, 7) is 10.6. The summed E-state index contributed by atoms with van der Waals surface area (Å²) in [5.74, 6) is 0.627. The third-order valence-electron chi connectivity index (χ3n) is 5.31. The second-order valence-corrected chi connectivity index (χ2v) is 10.8. The average molecular weight is 478 g/mol. The van der Waals surface area contributed by atoms with Crippen LogP contribution in [0.3, 0.4) is 0 Å². The summed E-state index contributed by atoms with van der Waals surface area (Å²) in [6.07, 6.45) is 0.812. The minimum atomic E-state index is -0.376. The highest BCUT2D eigenvalue weighted by atomic mass is 35.5. The maximum absolute atomic E-state index is 13.4. The molecule has 2 heterocycles. The molecular formula is C24H32ClN3O3S. The predicted molar refractivity (Wildman–Crippen MR) is 130 cm³/mol. The van der Waals surface area contributed by atoms with Crippen molar-refractivity contribution in [1.82, 2.24) is 15.1 Å². The van der Waals surface area contributed by atoms with Crippen molar-refractivity contribution in [2.45, 2.75) is 58.7 Å². The quantitative estimate of drug-likeness (QED) is 0.627. The first-order valence-corrected chi connectivity index (χ1v) is 12.1. The number of benzene rings is 1. The Hall–Kier alpha value is -2.25. The van der Waals surface area contributed by atoms with Gasteiger partial charge in [-0.1, -0.05) is 11.6 Å². The Bertz CT molecular complexity index is 937. The second-order valence-electron chi connectivity index (χ2n) is 9.32. The van der Waals surface area contributed by atoms with E-state index in [9.17, 15) is 9.59 Å². The monoisotopic (exact) mass is 477 g/mol. The van der Waals surface area contributed by atoms with E-state index < -0.39 is 0 Å². The van der Waals surface area contributed by atoms with Crippen LogP contribution in [0.2, 0.25) is 5.02 Å². The molecule has 0 spiro atoms. The van der Waals surface area contributed by atoms with Crippen LogP contribution in [0.1, 0.15) is 51.1 Å². The van der Waals surface area contributed by atoms with Crippen LogP contribution >= 0.6 is 22.9 Å². The maximum atomic E-state index is 13.4. The second kappa shape index (κ2) is 10.1. The van der Waals surface area contributed by atoms with E-state index in [4.69, 9.17) is 16.3 Å². The van der Waals surface area contributed by atoms with Crippen LogP contribution in [0.4, 0.5) is 4.79 Å². The number of thiophene rings is 1. The first-order chi connectivity index (χ1) is 15.0. The van der Waals surface area contributed by atoms with E-state index in [0.29, 0.717) is 23.9 Å². The molecule has 0 fully saturated rings. The first-order valence-electron chi connectivity index (χ1n) is 10.9. The van der Waals surface area contributed by atoms with Gasteiger partial charge in [0.15, 0.2) is 0 Å². The van der Waals surface area contributed by atoms with E-state index in [1.54, 1.807) is 28.4 Å². The molecule has 1 aliphatic heterocycles. The molecule has 6 nitrogen and oxygen atoms in total. The molecule has 8 heteroatoms. The van der Waals surface area contributed by atoms with E-state index in [-0.39, 0.29) is 36.1 Å². The van der Waals surface area contributed by atoms with Crippen molar-refractivity contribution in [2.24, 2.45) is 0 Å². The molecule has 1 aromatic heterocycles.